The Hall–Kier alpha value is -7.94. The average molecular weight is 983 g/mol. The van der Waals surface area contributed by atoms with Gasteiger partial charge in [-0.15, -0.1) is 0 Å². The lowest BCUT2D eigenvalue weighted by atomic mass is 9.29. The fourth-order valence-electron chi connectivity index (χ4n) is 12.6. The van der Waals surface area contributed by atoms with Gasteiger partial charge in [0.05, 0.1) is 0 Å². The minimum atomic E-state index is -0.294. The van der Waals surface area contributed by atoms with Crippen molar-refractivity contribution in [2.24, 2.45) is 0 Å². The van der Waals surface area contributed by atoms with E-state index in [1.807, 2.05) is 36.4 Å². The molecule has 0 spiro atoms. The highest BCUT2D eigenvalue weighted by Crippen LogP contribution is 2.48. The van der Waals surface area contributed by atoms with Gasteiger partial charge in [-0.1, -0.05) is 138 Å². The number of hydrogen-bond donors (Lipinski definition) is 0. The normalized spacial score (nSPS) is 14.2. The highest BCUT2D eigenvalue weighted by Gasteiger charge is 2.49. The summed E-state index contributed by atoms with van der Waals surface area (Å²) in [5.74, 6) is 4.37. The van der Waals surface area contributed by atoms with Crippen LogP contribution in [-0.2, 0) is 0 Å². The van der Waals surface area contributed by atoms with Gasteiger partial charge in [-0.05, 0) is 129 Å². The fourth-order valence-corrected chi connectivity index (χ4v) is 13.2. The van der Waals surface area contributed by atoms with Crippen molar-refractivity contribution in [2.75, 3.05) is 14.7 Å². The van der Waals surface area contributed by atoms with Gasteiger partial charge in [-0.3, -0.25) is 0 Å². The van der Waals surface area contributed by atoms with E-state index < -0.39 is 0 Å². The van der Waals surface area contributed by atoms with Gasteiger partial charge in [0.15, 0.2) is 0 Å². The number of hydrogen-bond acceptors (Lipinski definition) is 6. The number of rotatable bonds is 3. The van der Waals surface area contributed by atoms with E-state index in [0.29, 0.717) is 26.6 Å². The molecular formula is C60H33B3Cl3N3O3. The maximum atomic E-state index is 7.26. The number of nitrogens with zero attached hydrogens (tertiary/aromatic N) is 3. The summed E-state index contributed by atoms with van der Waals surface area (Å²) in [5.41, 5.74) is 19.0. The van der Waals surface area contributed by atoms with Crippen LogP contribution in [0.4, 0.5) is 51.2 Å². The Balaban J connectivity index is 0.973. The topological polar surface area (TPSA) is 37.4 Å². The minimum absolute atomic E-state index is 0.155. The predicted molar refractivity (Wildman–Crippen MR) is 299 cm³/mol. The number of benzene rings is 10. The van der Waals surface area contributed by atoms with Crippen molar-refractivity contribution >= 4 is 155 Å². The van der Waals surface area contributed by atoms with Gasteiger partial charge in [-0.25, -0.2) is 0 Å². The van der Waals surface area contributed by atoms with Crippen LogP contribution in [0.2, 0.25) is 15.1 Å². The standard InChI is InChI=1S/C60H33B3Cl3N3O3/c64-34-24-49-58-50(25-34)68(38-16-6-2-7-17-38)47-32-53-44(30-42(47)61(58)40-20-10-12-22-46(40)67(49)37-14-4-1-5-15-37)63-45-31-43-48(33-54(45)72-57-29-36(66)28-56(71-53)60(57)63)69(39-18-8-3-9-19-39)51-26-35(65)27-55-59(51)62(43)41-21-11-13-23-52(41)70-55/h1-33H. The predicted octanol–water partition coefficient (Wildman–Crippen LogP) is 10.9. The molecule has 0 amide bonds. The SMILES string of the molecule is Clc1cc2c3c(c1)Oc1cc4c(cc1B3c1cc3c(cc1O2)N(c1ccccc1)c1cc(Cl)cc2c1B3c1ccccc1O2)B1c2ccccc2N(c2ccccc2)c2cc(Cl)cc(c21)N4c1ccccc1. The number of halogens is 3. The monoisotopic (exact) mass is 981 g/mol. The van der Waals surface area contributed by atoms with E-state index >= 15 is 0 Å². The molecule has 6 aliphatic heterocycles. The molecule has 0 atom stereocenters. The Kier molecular flexibility index (Phi) is 8.52. The van der Waals surface area contributed by atoms with Crippen molar-refractivity contribution in [1.82, 2.24) is 0 Å². The summed E-state index contributed by atoms with van der Waals surface area (Å²) in [6.07, 6.45) is 0. The van der Waals surface area contributed by atoms with Gasteiger partial charge in [0.25, 0.3) is 20.1 Å². The third-order valence-electron chi connectivity index (χ3n) is 15.3. The van der Waals surface area contributed by atoms with Crippen LogP contribution >= 0.6 is 34.8 Å². The quantitative estimate of drug-likeness (QED) is 0.164. The van der Waals surface area contributed by atoms with E-state index in [0.717, 1.165) is 112 Å². The number of para-hydroxylation sites is 5. The third kappa shape index (κ3) is 5.67. The van der Waals surface area contributed by atoms with Gasteiger partial charge in [0.1, 0.15) is 34.5 Å². The van der Waals surface area contributed by atoms with Crippen molar-refractivity contribution in [2.45, 2.75) is 0 Å². The van der Waals surface area contributed by atoms with Crippen molar-refractivity contribution in [3.8, 4) is 34.5 Å². The molecule has 72 heavy (non-hydrogen) atoms. The Bertz CT molecular complexity index is 4000. The maximum Gasteiger partial charge on any atom is 0.260 e. The molecule has 6 heterocycles. The molecule has 16 rings (SSSR count). The first-order valence-corrected chi connectivity index (χ1v) is 25.2. The Morgan fingerprint density at radius 2 is 0.653 bits per heavy atom. The molecule has 10 aromatic carbocycles. The number of anilines is 9. The Labute approximate surface area is 431 Å². The smallest absolute Gasteiger partial charge is 0.260 e. The third-order valence-corrected chi connectivity index (χ3v) is 16.0. The molecule has 6 aliphatic rings. The van der Waals surface area contributed by atoms with Crippen molar-refractivity contribution in [3.63, 3.8) is 0 Å². The molecule has 0 bridgehead atoms. The van der Waals surface area contributed by atoms with Crippen LogP contribution in [0.25, 0.3) is 0 Å². The van der Waals surface area contributed by atoms with E-state index in [-0.39, 0.29) is 20.1 Å². The summed E-state index contributed by atoms with van der Waals surface area (Å²) in [4.78, 5) is 7.01. The summed E-state index contributed by atoms with van der Waals surface area (Å²) in [5, 5.41) is 1.76. The molecule has 6 nitrogen and oxygen atoms in total. The first-order valence-electron chi connectivity index (χ1n) is 24.1. The van der Waals surface area contributed by atoms with E-state index in [9.17, 15) is 0 Å². The number of ether oxygens (including phenoxy) is 3. The van der Waals surface area contributed by atoms with E-state index in [1.54, 1.807) is 0 Å². The Morgan fingerprint density at radius 1 is 0.264 bits per heavy atom. The lowest BCUT2D eigenvalue weighted by Crippen LogP contribution is -2.65. The number of fused-ring (bicyclic) bond motifs is 12. The van der Waals surface area contributed by atoms with Gasteiger partial charge in [0, 0.05) is 83.8 Å². The van der Waals surface area contributed by atoms with Gasteiger partial charge >= 0.3 is 0 Å². The second kappa shape index (κ2) is 15.0. The molecule has 0 saturated carbocycles. The molecule has 336 valence electrons. The zero-order valence-corrected chi connectivity index (χ0v) is 40.3. The first kappa shape index (κ1) is 40.8. The van der Waals surface area contributed by atoms with Gasteiger partial charge in [0.2, 0.25) is 0 Å². The van der Waals surface area contributed by atoms with Crippen LogP contribution in [0.15, 0.2) is 200 Å². The highest BCUT2D eigenvalue weighted by molar-refractivity contribution is 7.03. The molecule has 0 N–H and O–H groups in total. The molecule has 10 aromatic rings. The van der Waals surface area contributed by atoms with Crippen LogP contribution in [0.5, 0.6) is 34.5 Å². The molecule has 12 heteroatoms. The van der Waals surface area contributed by atoms with E-state index in [4.69, 9.17) is 49.0 Å². The van der Waals surface area contributed by atoms with Crippen LogP contribution < -0.4 is 78.1 Å². The van der Waals surface area contributed by atoms with Crippen molar-refractivity contribution in [3.05, 3.63) is 215 Å². The molecule has 0 fully saturated rings. The fraction of sp³-hybridized carbons (Fsp3) is 0. The molecule has 0 unspecified atom stereocenters. The van der Waals surface area contributed by atoms with Crippen LogP contribution in [0, 0.1) is 0 Å². The zero-order chi connectivity index (χ0) is 47.5. The minimum Gasteiger partial charge on any atom is -0.458 e. The molecule has 0 aliphatic carbocycles. The molecule has 0 saturated heterocycles. The highest BCUT2D eigenvalue weighted by atomic mass is 35.5. The second-order valence-corrected chi connectivity index (χ2v) is 20.4. The van der Waals surface area contributed by atoms with E-state index in [2.05, 4.69) is 178 Å². The second-order valence-electron chi connectivity index (χ2n) is 19.1. The molecule has 0 aromatic heterocycles. The van der Waals surface area contributed by atoms with Crippen LogP contribution in [-0.4, -0.2) is 20.1 Å². The molecular weight excluding hydrogens is 949 g/mol. The lowest BCUT2D eigenvalue weighted by Gasteiger charge is -2.45. The van der Waals surface area contributed by atoms with Crippen LogP contribution in [0.1, 0.15) is 0 Å². The summed E-state index contributed by atoms with van der Waals surface area (Å²) in [6.45, 7) is -0.617. The first-order chi connectivity index (χ1) is 35.4. The van der Waals surface area contributed by atoms with Crippen LogP contribution in [0.3, 0.4) is 0 Å². The summed E-state index contributed by atoms with van der Waals surface area (Å²) in [7, 11) is 0. The summed E-state index contributed by atoms with van der Waals surface area (Å²) < 4.78 is 21.0. The summed E-state index contributed by atoms with van der Waals surface area (Å²) >= 11 is 21.3. The maximum absolute atomic E-state index is 7.26. The largest absolute Gasteiger partial charge is 0.458 e. The van der Waals surface area contributed by atoms with Crippen molar-refractivity contribution in [1.29, 1.82) is 0 Å². The van der Waals surface area contributed by atoms with Gasteiger partial charge in [-0.2, -0.15) is 0 Å². The van der Waals surface area contributed by atoms with Gasteiger partial charge < -0.3 is 28.9 Å². The average Bonchev–Trinajstić information content (AvgIpc) is 3.40. The summed E-state index contributed by atoms with van der Waals surface area (Å²) in [6, 6.07) is 70.0. The molecule has 0 radical (unpaired) electrons. The Morgan fingerprint density at radius 3 is 1.21 bits per heavy atom. The lowest BCUT2D eigenvalue weighted by molar-refractivity contribution is 0.465. The van der Waals surface area contributed by atoms with Crippen molar-refractivity contribution < 1.29 is 14.2 Å². The zero-order valence-electron chi connectivity index (χ0n) is 38.0. The van der Waals surface area contributed by atoms with E-state index in [1.165, 1.54) is 10.9 Å².